The first-order valence-electron chi connectivity index (χ1n) is 7.05. The molecular weight excluding hydrogens is 304 g/mol. The van der Waals surface area contributed by atoms with Crippen molar-refractivity contribution in [2.45, 2.75) is 37.5 Å². The third-order valence-corrected chi connectivity index (χ3v) is 6.77. The minimum Gasteiger partial charge on any atom is -0.392 e. The molecule has 0 saturated carbocycles. The minimum absolute atomic E-state index is 0.0628. The van der Waals surface area contributed by atoms with Crippen LogP contribution < -0.4 is 0 Å². The molecular formula is C15H18N2O2S2. The number of hydrogen-bond acceptors (Lipinski definition) is 5. The number of carbonyl (C=O) groups is 1. The van der Waals surface area contributed by atoms with Gasteiger partial charge in [0.2, 0.25) is 5.91 Å². The first kappa shape index (κ1) is 14.9. The molecule has 112 valence electrons. The third kappa shape index (κ3) is 2.60. The zero-order chi connectivity index (χ0) is 15.0. The molecule has 1 N–H and O–H groups in total. The number of aliphatic hydroxyl groups excluding tert-OH is 1. The van der Waals surface area contributed by atoms with Gasteiger partial charge in [0.15, 0.2) is 0 Å². The Labute approximate surface area is 133 Å². The van der Waals surface area contributed by atoms with Gasteiger partial charge in [0.05, 0.1) is 22.0 Å². The highest BCUT2D eigenvalue weighted by molar-refractivity contribution is 8.22. The molecule has 2 aliphatic rings. The van der Waals surface area contributed by atoms with Gasteiger partial charge >= 0.3 is 0 Å². The quantitative estimate of drug-likeness (QED) is 0.845. The standard InChI is InChI=1S/C15H18N2O2S2/c1-3-11(18)12-13(19)17-9(2)15(21-14(12)17)20-8-10-6-4-5-7-16-10/h4-7,11-12,14,18H,3,8H2,1-2H3/t11-,12+,14+/m0/s1. The lowest BCUT2D eigenvalue weighted by molar-refractivity contribution is -0.153. The Morgan fingerprint density at radius 1 is 1.52 bits per heavy atom. The number of amides is 1. The number of β-lactam (4-membered cyclic amide) rings is 1. The molecule has 0 radical (unpaired) electrons. The van der Waals surface area contributed by atoms with Crippen LogP contribution in [0.15, 0.2) is 34.3 Å². The number of carbonyl (C=O) groups excluding carboxylic acids is 1. The van der Waals surface area contributed by atoms with E-state index in [2.05, 4.69) is 4.98 Å². The zero-order valence-electron chi connectivity index (χ0n) is 12.0. The van der Waals surface area contributed by atoms with Gasteiger partial charge < -0.3 is 10.0 Å². The van der Waals surface area contributed by atoms with E-state index in [1.165, 1.54) is 4.24 Å². The van der Waals surface area contributed by atoms with Gasteiger partial charge in [-0.15, -0.1) is 11.8 Å². The molecule has 0 spiro atoms. The van der Waals surface area contributed by atoms with E-state index < -0.39 is 6.10 Å². The molecule has 1 aromatic rings. The van der Waals surface area contributed by atoms with E-state index in [1.54, 1.807) is 29.7 Å². The first-order valence-corrected chi connectivity index (χ1v) is 8.91. The van der Waals surface area contributed by atoms with E-state index in [0.717, 1.165) is 17.1 Å². The summed E-state index contributed by atoms with van der Waals surface area (Å²) in [5.41, 5.74) is 2.06. The summed E-state index contributed by atoms with van der Waals surface area (Å²) in [4.78, 5) is 18.3. The molecule has 0 aliphatic carbocycles. The number of nitrogens with zero attached hydrogens (tertiary/aromatic N) is 2. The van der Waals surface area contributed by atoms with Gasteiger partial charge in [0, 0.05) is 17.6 Å². The third-order valence-electron chi connectivity index (χ3n) is 3.88. The molecule has 0 bridgehead atoms. The fourth-order valence-electron chi connectivity index (χ4n) is 2.63. The normalized spacial score (nSPS) is 25.9. The lowest BCUT2D eigenvalue weighted by atomic mass is 9.90. The summed E-state index contributed by atoms with van der Waals surface area (Å²) >= 11 is 3.42. The van der Waals surface area contributed by atoms with E-state index in [-0.39, 0.29) is 17.2 Å². The Morgan fingerprint density at radius 3 is 3.00 bits per heavy atom. The molecule has 1 saturated heterocycles. The molecule has 1 amide bonds. The highest BCUT2D eigenvalue weighted by Gasteiger charge is 2.55. The van der Waals surface area contributed by atoms with Crippen LogP contribution in [0.2, 0.25) is 0 Å². The SMILES string of the molecule is CC[C@H](O)[C@@H]1C(=O)N2C(C)=C(SCc3ccccn3)S[C@H]12. The van der Waals surface area contributed by atoms with Gasteiger partial charge in [-0.05, 0) is 25.5 Å². The van der Waals surface area contributed by atoms with Crippen LogP contribution in [0, 0.1) is 5.92 Å². The lowest BCUT2D eigenvalue weighted by Gasteiger charge is -2.44. The van der Waals surface area contributed by atoms with Crippen molar-refractivity contribution in [2.24, 2.45) is 5.92 Å². The van der Waals surface area contributed by atoms with E-state index >= 15 is 0 Å². The number of aliphatic hydroxyl groups is 1. The smallest absolute Gasteiger partial charge is 0.236 e. The maximum absolute atomic E-state index is 12.2. The summed E-state index contributed by atoms with van der Waals surface area (Å²) in [6.07, 6.45) is 1.89. The maximum atomic E-state index is 12.2. The van der Waals surface area contributed by atoms with E-state index in [4.69, 9.17) is 0 Å². The molecule has 0 unspecified atom stereocenters. The summed E-state index contributed by atoms with van der Waals surface area (Å²) in [6, 6.07) is 5.90. The lowest BCUT2D eigenvalue weighted by Crippen LogP contribution is -2.60. The molecule has 4 nitrogen and oxygen atoms in total. The van der Waals surface area contributed by atoms with Gasteiger partial charge in [0.25, 0.3) is 0 Å². The van der Waals surface area contributed by atoms with E-state index in [9.17, 15) is 9.90 Å². The number of thioether (sulfide) groups is 2. The van der Waals surface area contributed by atoms with Crippen molar-refractivity contribution in [3.63, 3.8) is 0 Å². The molecule has 6 heteroatoms. The van der Waals surface area contributed by atoms with Gasteiger partial charge in [-0.1, -0.05) is 24.8 Å². The summed E-state index contributed by atoms with van der Waals surface area (Å²) in [5.74, 6) is 0.617. The van der Waals surface area contributed by atoms with Crippen LogP contribution in [0.3, 0.4) is 0 Å². The summed E-state index contributed by atoms with van der Waals surface area (Å²) in [6.45, 7) is 3.90. The van der Waals surface area contributed by atoms with Crippen LogP contribution in [0.25, 0.3) is 0 Å². The van der Waals surface area contributed by atoms with Crippen molar-refractivity contribution in [3.05, 3.63) is 40.0 Å². The second-order valence-corrected chi connectivity index (χ2v) is 7.57. The number of aromatic nitrogens is 1. The Morgan fingerprint density at radius 2 is 2.33 bits per heavy atom. The second-order valence-electron chi connectivity index (χ2n) is 5.20. The minimum atomic E-state index is -0.529. The second kappa shape index (κ2) is 6.02. The maximum Gasteiger partial charge on any atom is 0.236 e. The van der Waals surface area contributed by atoms with Gasteiger partial charge in [-0.25, -0.2) is 0 Å². The van der Waals surface area contributed by atoms with Crippen molar-refractivity contribution in [3.8, 4) is 0 Å². The molecule has 3 atom stereocenters. The monoisotopic (exact) mass is 322 g/mol. The Hall–Kier alpha value is -0.980. The highest BCUT2D eigenvalue weighted by Crippen LogP contribution is 2.54. The number of rotatable bonds is 5. The first-order chi connectivity index (χ1) is 10.1. The number of pyridine rings is 1. The molecule has 21 heavy (non-hydrogen) atoms. The average molecular weight is 322 g/mol. The largest absolute Gasteiger partial charge is 0.392 e. The Balaban J connectivity index is 1.66. The summed E-state index contributed by atoms with van der Waals surface area (Å²) in [5, 5.41) is 10.1. The van der Waals surface area contributed by atoms with Gasteiger partial charge in [0.1, 0.15) is 5.37 Å². The molecule has 3 rings (SSSR count). The molecule has 3 heterocycles. The summed E-state index contributed by atoms with van der Waals surface area (Å²) in [7, 11) is 0. The van der Waals surface area contributed by atoms with Gasteiger partial charge in [-0.3, -0.25) is 9.78 Å². The van der Waals surface area contributed by atoms with Crippen molar-refractivity contribution in [1.82, 2.24) is 9.88 Å². The highest BCUT2D eigenvalue weighted by atomic mass is 32.2. The summed E-state index contributed by atoms with van der Waals surface area (Å²) < 4.78 is 1.17. The van der Waals surface area contributed by atoms with Crippen LogP contribution in [0.1, 0.15) is 26.0 Å². The van der Waals surface area contributed by atoms with Crippen LogP contribution >= 0.6 is 23.5 Å². The zero-order valence-corrected chi connectivity index (χ0v) is 13.7. The van der Waals surface area contributed by atoms with Crippen molar-refractivity contribution < 1.29 is 9.90 Å². The van der Waals surface area contributed by atoms with E-state index in [1.807, 2.05) is 36.9 Å². The molecule has 2 aliphatic heterocycles. The Bertz CT molecular complexity index is 576. The predicted molar refractivity (Wildman–Crippen MR) is 86.2 cm³/mol. The van der Waals surface area contributed by atoms with Crippen molar-refractivity contribution in [2.75, 3.05) is 0 Å². The molecule has 1 fully saturated rings. The number of fused-ring (bicyclic) bond motifs is 1. The number of allylic oxidation sites excluding steroid dienone is 1. The van der Waals surface area contributed by atoms with Crippen LogP contribution in [-0.2, 0) is 10.5 Å². The van der Waals surface area contributed by atoms with Crippen LogP contribution in [0.4, 0.5) is 0 Å². The number of hydrogen-bond donors (Lipinski definition) is 1. The van der Waals surface area contributed by atoms with Gasteiger partial charge in [-0.2, -0.15) is 0 Å². The van der Waals surface area contributed by atoms with Crippen LogP contribution in [0.5, 0.6) is 0 Å². The van der Waals surface area contributed by atoms with Crippen molar-refractivity contribution >= 4 is 29.4 Å². The van der Waals surface area contributed by atoms with Crippen molar-refractivity contribution in [1.29, 1.82) is 0 Å². The fourth-order valence-corrected chi connectivity index (χ4v) is 5.43. The van der Waals surface area contributed by atoms with Crippen LogP contribution in [-0.4, -0.2) is 32.4 Å². The Kier molecular flexibility index (Phi) is 4.28. The topological polar surface area (TPSA) is 53.4 Å². The average Bonchev–Trinajstić information content (AvgIpc) is 2.78. The fraction of sp³-hybridized carbons (Fsp3) is 0.467. The predicted octanol–water partition coefficient (Wildman–Crippen LogP) is 2.81. The molecule has 1 aromatic heterocycles. The molecule has 0 aromatic carbocycles. The van der Waals surface area contributed by atoms with E-state index in [0.29, 0.717) is 6.42 Å².